The predicted octanol–water partition coefficient (Wildman–Crippen LogP) is 2.48. The molecule has 7 heteroatoms. The number of nitrogens with zero attached hydrogens (tertiary/aromatic N) is 2. The number of hydrogen-bond acceptors (Lipinski definition) is 4. The highest BCUT2D eigenvalue weighted by molar-refractivity contribution is 6.35. The van der Waals surface area contributed by atoms with Crippen LogP contribution < -0.4 is 15.5 Å². The lowest BCUT2D eigenvalue weighted by atomic mass is 10.1. The van der Waals surface area contributed by atoms with E-state index in [2.05, 4.69) is 10.6 Å². The van der Waals surface area contributed by atoms with Gasteiger partial charge in [0.25, 0.3) is 0 Å². The molecule has 0 spiro atoms. The molecule has 0 aliphatic carbocycles. The molecule has 0 radical (unpaired) electrons. The van der Waals surface area contributed by atoms with Gasteiger partial charge in [-0.15, -0.1) is 0 Å². The Kier molecular flexibility index (Phi) is 8.49. The summed E-state index contributed by atoms with van der Waals surface area (Å²) in [5.74, 6) is -1.25. The van der Waals surface area contributed by atoms with Crippen LogP contribution in [0.15, 0.2) is 48.5 Å². The summed E-state index contributed by atoms with van der Waals surface area (Å²) < 4.78 is 0. The smallest absolute Gasteiger partial charge is 0.309 e. The van der Waals surface area contributed by atoms with Gasteiger partial charge in [-0.2, -0.15) is 0 Å². The lowest BCUT2D eigenvalue weighted by molar-refractivity contribution is -0.139. The molecular formula is C22H29ClN4O2. The Morgan fingerprint density at radius 2 is 1.48 bits per heavy atom. The van der Waals surface area contributed by atoms with Crippen LogP contribution in [0.4, 0.5) is 5.69 Å². The first-order chi connectivity index (χ1) is 13.8. The molecule has 0 bridgehead atoms. The van der Waals surface area contributed by atoms with Crippen LogP contribution in [0.1, 0.15) is 17.2 Å². The lowest BCUT2D eigenvalue weighted by Gasteiger charge is -2.25. The number of anilines is 1. The number of carbonyl (C=O) groups is 2. The van der Waals surface area contributed by atoms with Crippen LogP contribution in [0.25, 0.3) is 0 Å². The Morgan fingerprint density at radius 3 is 2.03 bits per heavy atom. The van der Waals surface area contributed by atoms with Gasteiger partial charge in [-0.3, -0.25) is 9.59 Å². The quantitative estimate of drug-likeness (QED) is 0.649. The molecule has 1 atom stereocenters. The van der Waals surface area contributed by atoms with Gasteiger partial charge in [0.2, 0.25) is 0 Å². The van der Waals surface area contributed by atoms with E-state index in [4.69, 9.17) is 11.6 Å². The van der Waals surface area contributed by atoms with E-state index >= 15 is 0 Å². The van der Waals surface area contributed by atoms with Crippen molar-refractivity contribution in [2.75, 3.05) is 46.2 Å². The van der Waals surface area contributed by atoms with Crippen molar-refractivity contribution in [1.82, 2.24) is 15.5 Å². The molecule has 2 amide bonds. The second-order valence-electron chi connectivity index (χ2n) is 7.31. The van der Waals surface area contributed by atoms with Crippen LogP contribution >= 0.6 is 11.6 Å². The highest BCUT2D eigenvalue weighted by Gasteiger charge is 2.18. The number of amides is 2. The van der Waals surface area contributed by atoms with Gasteiger partial charge in [-0.25, -0.2) is 0 Å². The molecule has 1 unspecified atom stereocenters. The van der Waals surface area contributed by atoms with Crippen molar-refractivity contribution in [2.24, 2.45) is 0 Å². The maximum absolute atomic E-state index is 12.2. The van der Waals surface area contributed by atoms with Crippen molar-refractivity contribution in [2.45, 2.75) is 12.5 Å². The highest BCUT2D eigenvalue weighted by Crippen LogP contribution is 2.20. The first-order valence-electron chi connectivity index (χ1n) is 9.52. The van der Waals surface area contributed by atoms with Crippen LogP contribution in [0.5, 0.6) is 0 Å². The molecule has 2 rings (SSSR count). The SMILES string of the molecule is CN(C)c1ccc(C(CNC(=O)C(=O)NCCc2ccc(Cl)cc2)N(C)C)cc1. The molecule has 0 heterocycles. The summed E-state index contributed by atoms with van der Waals surface area (Å²) >= 11 is 5.86. The van der Waals surface area contributed by atoms with Gasteiger partial charge in [0, 0.05) is 37.9 Å². The lowest BCUT2D eigenvalue weighted by Crippen LogP contribution is -2.43. The van der Waals surface area contributed by atoms with Gasteiger partial charge in [0.15, 0.2) is 0 Å². The molecule has 0 fully saturated rings. The summed E-state index contributed by atoms with van der Waals surface area (Å²) in [5, 5.41) is 6.06. The van der Waals surface area contributed by atoms with Gasteiger partial charge in [0.05, 0.1) is 6.04 Å². The van der Waals surface area contributed by atoms with E-state index in [1.807, 2.05) is 74.4 Å². The van der Waals surface area contributed by atoms with Crippen molar-refractivity contribution < 1.29 is 9.59 Å². The molecule has 0 saturated carbocycles. The van der Waals surface area contributed by atoms with E-state index in [0.717, 1.165) is 16.8 Å². The average Bonchev–Trinajstić information content (AvgIpc) is 2.69. The summed E-state index contributed by atoms with van der Waals surface area (Å²) in [7, 11) is 7.88. The van der Waals surface area contributed by atoms with E-state index in [9.17, 15) is 9.59 Å². The topological polar surface area (TPSA) is 64.7 Å². The number of benzene rings is 2. The molecule has 0 aliphatic heterocycles. The van der Waals surface area contributed by atoms with Crippen molar-refractivity contribution in [3.63, 3.8) is 0 Å². The van der Waals surface area contributed by atoms with Crippen molar-refractivity contribution in [3.05, 3.63) is 64.7 Å². The molecule has 2 aromatic rings. The van der Waals surface area contributed by atoms with E-state index in [1.54, 1.807) is 12.1 Å². The maximum atomic E-state index is 12.2. The predicted molar refractivity (Wildman–Crippen MR) is 118 cm³/mol. The summed E-state index contributed by atoms with van der Waals surface area (Å²) in [5.41, 5.74) is 3.23. The molecule has 29 heavy (non-hydrogen) atoms. The molecule has 0 saturated heterocycles. The normalized spacial score (nSPS) is 11.8. The Morgan fingerprint density at radius 1 is 0.897 bits per heavy atom. The van der Waals surface area contributed by atoms with Crippen LogP contribution in [0, 0.1) is 0 Å². The van der Waals surface area contributed by atoms with Crippen molar-refractivity contribution in [1.29, 1.82) is 0 Å². The summed E-state index contributed by atoms with van der Waals surface area (Å²) in [4.78, 5) is 28.3. The molecule has 6 nitrogen and oxygen atoms in total. The second-order valence-corrected chi connectivity index (χ2v) is 7.74. The number of halogens is 1. The fourth-order valence-electron chi connectivity index (χ4n) is 2.91. The van der Waals surface area contributed by atoms with Crippen LogP contribution in [-0.4, -0.2) is 58.0 Å². The molecule has 0 aliphatic rings. The van der Waals surface area contributed by atoms with E-state index < -0.39 is 11.8 Å². The maximum Gasteiger partial charge on any atom is 0.309 e. The van der Waals surface area contributed by atoms with E-state index in [1.165, 1.54) is 0 Å². The fourth-order valence-corrected chi connectivity index (χ4v) is 3.04. The Bertz CT molecular complexity index is 805. The van der Waals surface area contributed by atoms with Crippen LogP contribution in [0.3, 0.4) is 0 Å². The standard InChI is InChI=1S/C22H29ClN4O2/c1-26(2)19-11-7-17(8-12-19)20(27(3)4)15-25-22(29)21(28)24-14-13-16-5-9-18(23)10-6-16/h5-12,20H,13-15H2,1-4H3,(H,24,28)(H,25,29). The third-order valence-electron chi connectivity index (χ3n) is 4.69. The summed E-state index contributed by atoms with van der Waals surface area (Å²) in [6.07, 6.45) is 0.634. The van der Waals surface area contributed by atoms with Gasteiger partial charge in [-0.05, 0) is 55.9 Å². The highest BCUT2D eigenvalue weighted by atomic mass is 35.5. The number of likely N-dealkylation sites (N-methyl/N-ethyl adjacent to an activating group) is 1. The minimum atomic E-state index is -0.627. The van der Waals surface area contributed by atoms with Crippen molar-refractivity contribution >= 4 is 29.1 Å². The minimum Gasteiger partial charge on any atom is -0.378 e. The van der Waals surface area contributed by atoms with Gasteiger partial charge < -0.3 is 20.4 Å². The molecular weight excluding hydrogens is 388 g/mol. The number of nitrogens with one attached hydrogen (secondary N) is 2. The zero-order chi connectivity index (χ0) is 21.4. The molecule has 2 N–H and O–H groups in total. The second kappa shape index (κ2) is 10.8. The zero-order valence-electron chi connectivity index (χ0n) is 17.4. The Labute approximate surface area is 177 Å². The number of hydrogen-bond donors (Lipinski definition) is 2. The van der Waals surface area contributed by atoms with Gasteiger partial charge in [0.1, 0.15) is 0 Å². The van der Waals surface area contributed by atoms with Crippen molar-refractivity contribution in [3.8, 4) is 0 Å². The Hall–Kier alpha value is -2.57. The monoisotopic (exact) mass is 416 g/mol. The van der Waals surface area contributed by atoms with Gasteiger partial charge >= 0.3 is 11.8 Å². The molecule has 2 aromatic carbocycles. The Balaban J connectivity index is 1.84. The molecule has 156 valence electrons. The molecule has 0 aromatic heterocycles. The first-order valence-corrected chi connectivity index (χ1v) is 9.90. The van der Waals surface area contributed by atoms with Crippen LogP contribution in [-0.2, 0) is 16.0 Å². The first kappa shape index (κ1) is 22.7. The number of carbonyl (C=O) groups excluding carboxylic acids is 2. The zero-order valence-corrected chi connectivity index (χ0v) is 18.2. The van der Waals surface area contributed by atoms with E-state index in [-0.39, 0.29) is 6.04 Å². The summed E-state index contributed by atoms with van der Waals surface area (Å²) in [6.45, 7) is 0.731. The fraction of sp³-hybridized carbons (Fsp3) is 0.364. The minimum absolute atomic E-state index is 0.0305. The van der Waals surface area contributed by atoms with Crippen LogP contribution in [0.2, 0.25) is 5.02 Å². The number of rotatable bonds is 8. The van der Waals surface area contributed by atoms with E-state index in [0.29, 0.717) is 24.5 Å². The largest absolute Gasteiger partial charge is 0.378 e. The van der Waals surface area contributed by atoms with Gasteiger partial charge in [-0.1, -0.05) is 35.9 Å². The summed E-state index contributed by atoms with van der Waals surface area (Å²) in [6, 6.07) is 15.5. The third kappa shape index (κ3) is 7.07. The average molecular weight is 417 g/mol. The third-order valence-corrected chi connectivity index (χ3v) is 4.94.